The molecule has 7 nitrogen and oxygen atoms in total. The predicted octanol–water partition coefficient (Wildman–Crippen LogP) is 6.87. The molecule has 1 aromatic heterocycles. The SMILES string of the molecule is CCOc1cc(C=Nn2c(-c3ccc(Cl)cc3)nc3ccccc3c2=O)ccc1OC(=O)c1ccc(Cl)cc1. The van der Waals surface area contributed by atoms with E-state index in [1.165, 1.54) is 10.9 Å². The van der Waals surface area contributed by atoms with Crippen LogP contribution in [-0.2, 0) is 0 Å². The van der Waals surface area contributed by atoms with Crippen LogP contribution in [0.25, 0.3) is 22.3 Å². The van der Waals surface area contributed by atoms with Crippen molar-refractivity contribution in [2.24, 2.45) is 5.10 Å². The van der Waals surface area contributed by atoms with Gasteiger partial charge >= 0.3 is 5.97 Å². The van der Waals surface area contributed by atoms with E-state index in [4.69, 9.17) is 37.7 Å². The van der Waals surface area contributed by atoms with Crippen molar-refractivity contribution in [1.82, 2.24) is 9.66 Å². The largest absolute Gasteiger partial charge is 0.490 e. The Balaban J connectivity index is 1.51. The Kier molecular flexibility index (Phi) is 7.72. The molecule has 5 rings (SSSR count). The lowest BCUT2D eigenvalue weighted by atomic mass is 10.2. The van der Waals surface area contributed by atoms with Crippen molar-refractivity contribution in [2.75, 3.05) is 6.61 Å². The van der Waals surface area contributed by atoms with Gasteiger partial charge in [-0.1, -0.05) is 35.3 Å². The van der Waals surface area contributed by atoms with Gasteiger partial charge in [-0.2, -0.15) is 9.78 Å². The molecule has 0 aliphatic rings. The molecule has 0 radical (unpaired) electrons. The first-order valence-corrected chi connectivity index (χ1v) is 12.7. The van der Waals surface area contributed by atoms with E-state index in [-0.39, 0.29) is 11.3 Å². The molecule has 0 bridgehead atoms. The number of esters is 1. The van der Waals surface area contributed by atoms with Crippen molar-refractivity contribution in [3.63, 3.8) is 0 Å². The molecule has 0 fully saturated rings. The zero-order chi connectivity index (χ0) is 27.4. The van der Waals surface area contributed by atoms with E-state index in [0.717, 1.165) is 0 Å². The second-order valence-corrected chi connectivity index (χ2v) is 9.23. The van der Waals surface area contributed by atoms with E-state index >= 15 is 0 Å². The van der Waals surface area contributed by atoms with E-state index in [0.29, 0.717) is 55.8 Å². The third kappa shape index (κ3) is 5.85. The number of carbonyl (C=O) groups is 1. The number of halogens is 2. The molecule has 0 aliphatic heterocycles. The first-order chi connectivity index (χ1) is 18.9. The molecule has 0 atom stereocenters. The molecule has 4 aromatic carbocycles. The molecule has 0 spiro atoms. The zero-order valence-corrected chi connectivity index (χ0v) is 22.2. The number of nitrogens with zero attached hydrogens (tertiary/aromatic N) is 3. The molecule has 0 saturated carbocycles. The van der Waals surface area contributed by atoms with E-state index in [9.17, 15) is 9.59 Å². The quantitative estimate of drug-likeness (QED) is 0.124. The lowest BCUT2D eigenvalue weighted by Gasteiger charge is -2.12. The van der Waals surface area contributed by atoms with Gasteiger partial charge in [0.25, 0.3) is 5.56 Å². The van der Waals surface area contributed by atoms with Gasteiger partial charge in [-0.3, -0.25) is 4.79 Å². The van der Waals surface area contributed by atoms with Crippen molar-refractivity contribution >= 4 is 46.3 Å². The number of carbonyl (C=O) groups excluding carboxylic acids is 1. The molecular formula is C30H21Cl2N3O4. The van der Waals surface area contributed by atoms with Gasteiger partial charge in [-0.25, -0.2) is 9.78 Å². The van der Waals surface area contributed by atoms with Crippen LogP contribution in [0.1, 0.15) is 22.8 Å². The maximum Gasteiger partial charge on any atom is 0.343 e. The standard InChI is InChI=1S/C30H21Cl2N3O4/c1-2-38-27-17-19(7-16-26(27)39-30(37)21-10-14-23(32)15-11-21)18-33-35-28(20-8-12-22(31)13-9-20)34-25-6-4-3-5-24(25)29(35)36/h3-18H,2H2,1H3. The smallest absolute Gasteiger partial charge is 0.343 e. The Morgan fingerprint density at radius 1 is 0.923 bits per heavy atom. The molecule has 0 N–H and O–H groups in total. The molecule has 0 saturated heterocycles. The van der Waals surface area contributed by atoms with Crippen LogP contribution < -0.4 is 15.0 Å². The molecular weight excluding hydrogens is 537 g/mol. The Labute approximate surface area is 233 Å². The van der Waals surface area contributed by atoms with Crippen LogP contribution in [0.3, 0.4) is 0 Å². The summed E-state index contributed by atoms with van der Waals surface area (Å²) < 4.78 is 12.5. The number of rotatable bonds is 7. The van der Waals surface area contributed by atoms with Crippen LogP contribution in [0.2, 0.25) is 10.0 Å². The summed E-state index contributed by atoms with van der Waals surface area (Å²) in [6.07, 6.45) is 1.52. The Bertz CT molecular complexity index is 1750. The third-order valence-corrected chi connectivity index (χ3v) is 6.23. The Morgan fingerprint density at radius 3 is 2.33 bits per heavy atom. The van der Waals surface area contributed by atoms with E-state index < -0.39 is 5.97 Å². The summed E-state index contributed by atoms with van der Waals surface area (Å²) in [5.74, 6) is 0.423. The van der Waals surface area contributed by atoms with Crippen LogP contribution in [-0.4, -0.2) is 28.5 Å². The Morgan fingerprint density at radius 2 is 1.62 bits per heavy atom. The van der Waals surface area contributed by atoms with Crippen molar-refractivity contribution in [3.8, 4) is 22.9 Å². The summed E-state index contributed by atoms with van der Waals surface area (Å²) in [6, 6.07) is 25.5. The highest BCUT2D eigenvalue weighted by atomic mass is 35.5. The van der Waals surface area contributed by atoms with Crippen molar-refractivity contribution in [2.45, 2.75) is 6.92 Å². The number of fused-ring (bicyclic) bond motifs is 1. The number of hydrogen-bond donors (Lipinski definition) is 0. The molecule has 0 amide bonds. The summed E-state index contributed by atoms with van der Waals surface area (Å²) in [5, 5.41) is 6.00. The highest BCUT2D eigenvalue weighted by Gasteiger charge is 2.15. The normalized spacial score (nSPS) is 11.2. The van der Waals surface area contributed by atoms with Crippen molar-refractivity contribution < 1.29 is 14.3 Å². The van der Waals surface area contributed by atoms with Crippen molar-refractivity contribution in [1.29, 1.82) is 0 Å². The van der Waals surface area contributed by atoms with Gasteiger partial charge < -0.3 is 9.47 Å². The van der Waals surface area contributed by atoms with Crippen LogP contribution in [0.5, 0.6) is 11.5 Å². The highest BCUT2D eigenvalue weighted by Crippen LogP contribution is 2.29. The summed E-state index contributed by atoms with van der Waals surface area (Å²) in [6.45, 7) is 2.17. The monoisotopic (exact) mass is 557 g/mol. The van der Waals surface area contributed by atoms with Crippen molar-refractivity contribution in [3.05, 3.63) is 123 Å². The van der Waals surface area contributed by atoms with Gasteiger partial charge in [0.15, 0.2) is 17.3 Å². The van der Waals surface area contributed by atoms with Gasteiger partial charge in [0.1, 0.15) is 0 Å². The van der Waals surface area contributed by atoms with Crippen LogP contribution in [0.4, 0.5) is 0 Å². The molecule has 9 heteroatoms. The fourth-order valence-corrected chi connectivity index (χ4v) is 4.10. The van der Waals surface area contributed by atoms with Crippen LogP contribution in [0, 0.1) is 0 Å². The lowest BCUT2D eigenvalue weighted by molar-refractivity contribution is 0.0728. The van der Waals surface area contributed by atoms with Gasteiger partial charge in [-0.15, -0.1) is 0 Å². The summed E-state index contributed by atoms with van der Waals surface area (Å²) in [4.78, 5) is 30.7. The van der Waals surface area contributed by atoms with E-state index in [2.05, 4.69) is 5.10 Å². The number of para-hydroxylation sites is 1. The zero-order valence-electron chi connectivity index (χ0n) is 20.7. The predicted molar refractivity (Wildman–Crippen MR) is 153 cm³/mol. The van der Waals surface area contributed by atoms with E-state index in [1.54, 1.807) is 84.9 Å². The summed E-state index contributed by atoms with van der Waals surface area (Å²) in [5.41, 5.74) is 1.89. The average Bonchev–Trinajstić information content (AvgIpc) is 2.94. The number of ether oxygens (including phenoxy) is 2. The number of hydrogen-bond acceptors (Lipinski definition) is 6. The minimum Gasteiger partial charge on any atom is -0.490 e. The molecule has 194 valence electrons. The highest BCUT2D eigenvalue weighted by molar-refractivity contribution is 6.31. The number of benzene rings is 4. The van der Waals surface area contributed by atoms with Crippen LogP contribution >= 0.6 is 23.2 Å². The third-order valence-electron chi connectivity index (χ3n) is 5.73. The molecule has 39 heavy (non-hydrogen) atoms. The molecule has 5 aromatic rings. The number of aromatic nitrogens is 2. The van der Waals surface area contributed by atoms with Gasteiger partial charge in [0.2, 0.25) is 0 Å². The van der Waals surface area contributed by atoms with Gasteiger partial charge in [-0.05, 0) is 91.3 Å². The second kappa shape index (κ2) is 11.5. The first-order valence-electron chi connectivity index (χ1n) is 12.0. The first kappa shape index (κ1) is 26.2. The molecule has 0 unspecified atom stereocenters. The Hall–Kier alpha value is -4.46. The average molecular weight is 558 g/mol. The minimum absolute atomic E-state index is 0.250. The van der Waals surface area contributed by atoms with Crippen LogP contribution in [0.15, 0.2) is 101 Å². The molecule has 0 aliphatic carbocycles. The summed E-state index contributed by atoms with van der Waals surface area (Å²) >= 11 is 12.0. The minimum atomic E-state index is -0.546. The van der Waals surface area contributed by atoms with E-state index in [1.807, 2.05) is 13.0 Å². The lowest BCUT2D eigenvalue weighted by Crippen LogP contribution is -2.20. The fraction of sp³-hybridized carbons (Fsp3) is 0.0667. The fourth-order valence-electron chi connectivity index (χ4n) is 3.84. The summed E-state index contributed by atoms with van der Waals surface area (Å²) in [7, 11) is 0. The second-order valence-electron chi connectivity index (χ2n) is 8.36. The van der Waals surface area contributed by atoms with Gasteiger partial charge in [0, 0.05) is 15.6 Å². The van der Waals surface area contributed by atoms with Gasteiger partial charge in [0.05, 0.1) is 29.3 Å². The maximum atomic E-state index is 13.4. The molecule has 1 heterocycles. The maximum absolute atomic E-state index is 13.4. The topological polar surface area (TPSA) is 82.8 Å².